The van der Waals surface area contributed by atoms with Crippen LogP contribution in [0.2, 0.25) is 10.0 Å². The topological polar surface area (TPSA) is 29.1 Å². The van der Waals surface area contributed by atoms with Gasteiger partial charge in [0.2, 0.25) is 5.91 Å². The maximum absolute atomic E-state index is 11.1. The second-order valence-electron chi connectivity index (χ2n) is 3.07. The Morgan fingerprint density at radius 3 is 2.85 bits per heavy atom. The van der Waals surface area contributed by atoms with E-state index in [1.165, 1.54) is 0 Å². The molecule has 0 fully saturated rings. The zero-order valence-electron chi connectivity index (χ0n) is 6.95. The van der Waals surface area contributed by atoms with Crippen molar-refractivity contribution in [2.24, 2.45) is 0 Å². The third kappa shape index (κ3) is 1.30. The molecular formula is C9H7Cl2NO. The highest BCUT2D eigenvalue weighted by Crippen LogP contribution is 2.38. The van der Waals surface area contributed by atoms with Crippen molar-refractivity contribution in [1.82, 2.24) is 0 Å². The Morgan fingerprint density at radius 1 is 1.46 bits per heavy atom. The average molecular weight is 216 g/mol. The molecule has 0 radical (unpaired) electrons. The van der Waals surface area contributed by atoms with Crippen molar-refractivity contribution in [3.05, 3.63) is 27.2 Å². The number of amides is 1. The van der Waals surface area contributed by atoms with Gasteiger partial charge in [-0.3, -0.25) is 4.79 Å². The molecule has 0 aliphatic carbocycles. The van der Waals surface area contributed by atoms with E-state index in [4.69, 9.17) is 23.2 Å². The van der Waals surface area contributed by atoms with Gasteiger partial charge < -0.3 is 5.32 Å². The fraction of sp³-hybridized carbons (Fsp3) is 0.222. The van der Waals surface area contributed by atoms with Crippen molar-refractivity contribution in [1.29, 1.82) is 0 Å². The summed E-state index contributed by atoms with van der Waals surface area (Å²) in [6.07, 6.45) is 0.329. The van der Waals surface area contributed by atoms with Crippen LogP contribution in [0.3, 0.4) is 0 Å². The molecule has 0 aromatic heterocycles. The summed E-state index contributed by atoms with van der Waals surface area (Å²) in [6.45, 7) is 1.87. The number of halogens is 2. The number of hydrogen-bond donors (Lipinski definition) is 1. The Morgan fingerprint density at radius 2 is 2.15 bits per heavy atom. The molecule has 13 heavy (non-hydrogen) atoms. The molecule has 1 aromatic rings. The van der Waals surface area contributed by atoms with Crippen LogP contribution >= 0.6 is 23.2 Å². The van der Waals surface area contributed by atoms with E-state index in [1.807, 2.05) is 6.92 Å². The highest BCUT2D eigenvalue weighted by Gasteiger charge is 2.23. The summed E-state index contributed by atoms with van der Waals surface area (Å²) in [6, 6.07) is 1.76. The molecule has 0 bridgehead atoms. The van der Waals surface area contributed by atoms with Crippen LogP contribution < -0.4 is 5.32 Å². The summed E-state index contributed by atoms with van der Waals surface area (Å²) in [4.78, 5) is 11.1. The number of benzene rings is 1. The molecule has 2 nitrogen and oxygen atoms in total. The van der Waals surface area contributed by atoms with E-state index >= 15 is 0 Å². The van der Waals surface area contributed by atoms with E-state index in [1.54, 1.807) is 6.07 Å². The van der Waals surface area contributed by atoms with Crippen molar-refractivity contribution in [3.8, 4) is 0 Å². The van der Waals surface area contributed by atoms with Crippen LogP contribution in [0.5, 0.6) is 0 Å². The third-order valence-corrected chi connectivity index (χ3v) is 2.92. The van der Waals surface area contributed by atoms with Gasteiger partial charge in [0, 0.05) is 10.6 Å². The Kier molecular flexibility index (Phi) is 1.97. The SMILES string of the molecule is Cc1cc(Cl)c2c(c1Cl)CC(=O)N2. The van der Waals surface area contributed by atoms with Crippen molar-refractivity contribution in [2.75, 3.05) is 5.32 Å². The number of fused-ring (bicyclic) bond motifs is 1. The number of rotatable bonds is 0. The summed E-state index contributed by atoms with van der Waals surface area (Å²) < 4.78 is 0. The van der Waals surface area contributed by atoms with Crippen LogP contribution in [0.4, 0.5) is 5.69 Å². The number of carbonyl (C=O) groups excluding carboxylic acids is 1. The molecule has 1 aromatic carbocycles. The summed E-state index contributed by atoms with van der Waals surface area (Å²) >= 11 is 12.0. The summed E-state index contributed by atoms with van der Waals surface area (Å²) in [5.41, 5.74) is 2.39. The Hall–Kier alpha value is -0.730. The molecule has 1 amide bonds. The first-order valence-electron chi connectivity index (χ1n) is 3.87. The number of nitrogens with one attached hydrogen (secondary N) is 1. The van der Waals surface area contributed by atoms with Gasteiger partial charge in [-0.05, 0) is 18.6 Å². The molecule has 68 valence electrons. The van der Waals surface area contributed by atoms with Crippen LogP contribution in [-0.4, -0.2) is 5.91 Å². The maximum Gasteiger partial charge on any atom is 0.228 e. The van der Waals surface area contributed by atoms with E-state index < -0.39 is 0 Å². The normalized spacial score (nSPS) is 14.2. The van der Waals surface area contributed by atoms with Crippen LogP contribution in [0.25, 0.3) is 0 Å². The van der Waals surface area contributed by atoms with Gasteiger partial charge in [0.15, 0.2) is 0 Å². The smallest absolute Gasteiger partial charge is 0.228 e. The van der Waals surface area contributed by atoms with Gasteiger partial charge in [-0.25, -0.2) is 0 Å². The van der Waals surface area contributed by atoms with Crippen molar-refractivity contribution < 1.29 is 4.79 Å². The molecule has 0 saturated heterocycles. The molecule has 0 saturated carbocycles. The fourth-order valence-corrected chi connectivity index (χ4v) is 2.00. The maximum atomic E-state index is 11.1. The first kappa shape index (κ1) is 8.85. The number of hydrogen-bond acceptors (Lipinski definition) is 1. The minimum atomic E-state index is -0.0515. The molecule has 0 unspecified atom stereocenters. The highest BCUT2D eigenvalue weighted by molar-refractivity contribution is 6.38. The second-order valence-corrected chi connectivity index (χ2v) is 3.85. The molecule has 1 aliphatic rings. The second kappa shape index (κ2) is 2.89. The Labute approximate surface area is 85.8 Å². The Balaban J connectivity index is 2.69. The van der Waals surface area contributed by atoms with Gasteiger partial charge in [0.25, 0.3) is 0 Å². The van der Waals surface area contributed by atoms with E-state index in [-0.39, 0.29) is 5.91 Å². The van der Waals surface area contributed by atoms with E-state index in [9.17, 15) is 4.79 Å². The number of aryl methyl sites for hydroxylation is 1. The molecule has 4 heteroatoms. The van der Waals surface area contributed by atoms with Gasteiger partial charge in [-0.15, -0.1) is 0 Å². The molecule has 1 N–H and O–H groups in total. The van der Waals surface area contributed by atoms with E-state index in [2.05, 4.69) is 5.32 Å². The van der Waals surface area contributed by atoms with Crippen LogP contribution in [0, 0.1) is 6.92 Å². The van der Waals surface area contributed by atoms with Gasteiger partial charge >= 0.3 is 0 Å². The zero-order chi connectivity index (χ0) is 9.59. The predicted octanol–water partition coefficient (Wildman–Crippen LogP) is 2.80. The fourth-order valence-electron chi connectivity index (χ4n) is 1.46. The summed E-state index contributed by atoms with van der Waals surface area (Å²) in [5, 5.41) is 3.87. The van der Waals surface area contributed by atoms with Gasteiger partial charge in [0.05, 0.1) is 17.1 Å². The minimum Gasteiger partial charge on any atom is -0.324 e. The van der Waals surface area contributed by atoms with Gasteiger partial charge in [0.1, 0.15) is 0 Å². The standard InChI is InChI=1S/C9H7Cl2NO/c1-4-2-6(10)9-5(8(4)11)3-7(13)12-9/h2H,3H2,1H3,(H,12,13). The van der Waals surface area contributed by atoms with Crippen molar-refractivity contribution in [3.63, 3.8) is 0 Å². The highest BCUT2D eigenvalue weighted by atomic mass is 35.5. The van der Waals surface area contributed by atoms with Gasteiger partial charge in [-0.2, -0.15) is 0 Å². The minimum absolute atomic E-state index is 0.0515. The monoisotopic (exact) mass is 215 g/mol. The average Bonchev–Trinajstić information content (AvgIpc) is 2.44. The first-order chi connectivity index (χ1) is 6.09. The van der Waals surface area contributed by atoms with Crippen LogP contribution in [-0.2, 0) is 11.2 Å². The number of anilines is 1. The molecule has 0 atom stereocenters. The largest absolute Gasteiger partial charge is 0.324 e. The number of carbonyl (C=O) groups is 1. The molecule has 1 heterocycles. The lowest BCUT2D eigenvalue weighted by Gasteiger charge is -2.06. The first-order valence-corrected chi connectivity index (χ1v) is 4.62. The van der Waals surface area contributed by atoms with Crippen LogP contribution in [0.15, 0.2) is 6.07 Å². The molecular weight excluding hydrogens is 209 g/mol. The van der Waals surface area contributed by atoms with Gasteiger partial charge in [-0.1, -0.05) is 23.2 Å². The molecule has 2 rings (SSSR count). The Bertz CT molecular complexity index is 401. The van der Waals surface area contributed by atoms with Crippen molar-refractivity contribution >= 4 is 34.8 Å². The van der Waals surface area contributed by atoms with E-state index in [0.717, 1.165) is 11.1 Å². The molecule has 0 spiro atoms. The third-order valence-electron chi connectivity index (χ3n) is 2.10. The lowest BCUT2D eigenvalue weighted by atomic mass is 10.1. The summed E-state index contributed by atoms with van der Waals surface area (Å²) in [5.74, 6) is -0.0515. The quantitative estimate of drug-likeness (QED) is 0.709. The lowest BCUT2D eigenvalue weighted by molar-refractivity contribution is -0.115. The zero-order valence-corrected chi connectivity index (χ0v) is 8.46. The summed E-state index contributed by atoms with van der Waals surface area (Å²) in [7, 11) is 0. The predicted molar refractivity (Wildman–Crippen MR) is 53.5 cm³/mol. The molecule has 1 aliphatic heterocycles. The lowest BCUT2D eigenvalue weighted by Crippen LogP contribution is -2.03. The van der Waals surface area contributed by atoms with E-state index in [0.29, 0.717) is 22.2 Å². The van der Waals surface area contributed by atoms with Crippen molar-refractivity contribution in [2.45, 2.75) is 13.3 Å². The van der Waals surface area contributed by atoms with Crippen LogP contribution in [0.1, 0.15) is 11.1 Å².